The van der Waals surface area contributed by atoms with E-state index in [0.29, 0.717) is 55.9 Å². The molecule has 0 aliphatic heterocycles. The fourth-order valence-electron chi connectivity index (χ4n) is 5.40. The van der Waals surface area contributed by atoms with Crippen molar-refractivity contribution >= 4 is 51.6 Å². The largest absolute Gasteiger partial charge is 0.478 e. The molecule has 5 aromatic rings. The standard InChI is InChI=1S/C35H22ClF3N2O2S/c36-30-17-25(35(42)43)9-13-28(30)22-4-2-6-24(16-22)33-32(23-5-1-3-20(15-23)19-40)29-18-26(37)10-14-31(29)41(33)44-27-11-7-21(8-12-27)34(38)39/h1,3,5-18,34H,2,4H2,(H,42,43). The van der Waals surface area contributed by atoms with Gasteiger partial charge in [-0.25, -0.2) is 18.0 Å². The molecule has 0 spiro atoms. The number of alkyl halides is 2. The Kier molecular flexibility index (Phi) is 8.09. The van der Waals surface area contributed by atoms with Gasteiger partial charge in [0.05, 0.1) is 28.4 Å². The van der Waals surface area contributed by atoms with Crippen LogP contribution in [0.3, 0.4) is 0 Å². The summed E-state index contributed by atoms with van der Waals surface area (Å²) in [6, 6.07) is 24.4. The van der Waals surface area contributed by atoms with Crippen molar-refractivity contribution < 1.29 is 23.1 Å². The van der Waals surface area contributed by atoms with Crippen molar-refractivity contribution in [1.29, 1.82) is 5.26 Å². The van der Waals surface area contributed by atoms with Gasteiger partial charge in [-0.1, -0.05) is 48.0 Å². The topological polar surface area (TPSA) is 66.0 Å². The first-order chi connectivity index (χ1) is 21.2. The SMILES string of the molecule is N#Cc1cccc(-c2c(C3=CCCC(c4ccc(C(=O)O)cc4Cl)=C3)n(Sc3ccc(C(F)F)cc3)c3ccc(F)cc23)c1. The van der Waals surface area contributed by atoms with Gasteiger partial charge in [-0.05, 0) is 108 Å². The van der Waals surface area contributed by atoms with Crippen molar-refractivity contribution in [2.75, 3.05) is 0 Å². The van der Waals surface area contributed by atoms with E-state index in [4.69, 9.17) is 11.6 Å². The molecule has 0 saturated heterocycles. The minimum atomic E-state index is -2.59. The first kappa shape index (κ1) is 29.4. The molecule has 4 nitrogen and oxygen atoms in total. The highest BCUT2D eigenvalue weighted by Gasteiger charge is 2.25. The third-order valence-electron chi connectivity index (χ3n) is 7.44. The summed E-state index contributed by atoms with van der Waals surface area (Å²) in [4.78, 5) is 12.2. The highest BCUT2D eigenvalue weighted by atomic mass is 35.5. The third kappa shape index (κ3) is 5.64. The summed E-state index contributed by atoms with van der Waals surface area (Å²) in [6.07, 6.45) is 2.78. The highest BCUT2D eigenvalue weighted by Crippen LogP contribution is 2.45. The van der Waals surface area contributed by atoms with E-state index < -0.39 is 18.2 Å². The van der Waals surface area contributed by atoms with E-state index in [1.54, 1.807) is 42.5 Å². The molecular formula is C35H22ClF3N2O2S. The summed E-state index contributed by atoms with van der Waals surface area (Å²) in [6.45, 7) is 0. The van der Waals surface area contributed by atoms with Crippen LogP contribution in [0.5, 0.6) is 0 Å². The second-order valence-electron chi connectivity index (χ2n) is 10.2. The zero-order chi connectivity index (χ0) is 31.0. The minimum absolute atomic E-state index is 0.0852. The Bertz CT molecular complexity index is 2040. The lowest BCUT2D eigenvalue weighted by Gasteiger charge is -2.19. The van der Waals surface area contributed by atoms with Crippen LogP contribution in [-0.4, -0.2) is 15.0 Å². The molecule has 0 unspecified atom stereocenters. The zero-order valence-corrected chi connectivity index (χ0v) is 24.5. The number of rotatable bonds is 7. The number of hydrogen-bond donors (Lipinski definition) is 1. The van der Waals surface area contributed by atoms with Crippen LogP contribution in [-0.2, 0) is 0 Å². The van der Waals surface area contributed by atoms with Gasteiger partial charge in [0.15, 0.2) is 0 Å². The summed E-state index contributed by atoms with van der Waals surface area (Å²) in [5.41, 5.74) is 5.73. The van der Waals surface area contributed by atoms with Gasteiger partial charge in [-0.15, -0.1) is 0 Å². The average Bonchev–Trinajstić information content (AvgIpc) is 3.34. The number of halogens is 4. The molecule has 1 N–H and O–H groups in total. The lowest BCUT2D eigenvalue weighted by Crippen LogP contribution is -2.01. The lowest BCUT2D eigenvalue weighted by atomic mass is 9.89. The normalized spacial score (nSPS) is 13.1. The van der Waals surface area contributed by atoms with Crippen molar-refractivity contribution in [1.82, 2.24) is 3.97 Å². The van der Waals surface area contributed by atoms with Gasteiger partial charge in [-0.3, -0.25) is 3.97 Å². The van der Waals surface area contributed by atoms with Crippen LogP contribution in [0.1, 0.15) is 52.0 Å². The van der Waals surface area contributed by atoms with E-state index in [-0.39, 0.29) is 11.1 Å². The minimum Gasteiger partial charge on any atom is -0.478 e. The van der Waals surface area contributed by atoms with Crippen LogP contribution < -0.4 is 0 Å². The molecule has 0 fully saturated rings. The van der Waals surface area contributed by atoms with Crippen LogP contribution in [0.4, 0.5) is 13.2 Å². The van der Waals surface area contributed by atoms with Gasteiger partial charge in [0.25, 0.3) is 6.43 Å². The fraction of sp³-hybridized carbons (Fsp3) is 0.0857. The summed E-state index contributed by atoms with van der Waals surface area (Å²) < 4.78 is 43.3. The first-order valence-corrected chi connectivity index (χ1v) is 14.7. The van der Waals surface area contributed by atoms with Gasteiger partial charge in [0.2, 0.25) is 0 Å². The number of nitrogens with zero attached hydrogens (tertiary/aromatic N) is 2. The van der Waals surface area contributed by atoms with Crippen molar-refractivity contribution in [2.24, 2.45) is 0 Å². The maximum absolute atomic E-state index is 14.8. The summed E-state index contributed by atoms with van der Waals surface area (Å²) in [5.74, 6) is -1.50. The van der Waals surface area contributed by atoms with Crippen LogP contribution in [0, 0.1) is 17.1 Å². The second kappa shape index (κ2) is 12.1. The zero-order valence-electron chi connectivity index (χ0n) is 22.9. The molecule has 1 aliphatic rings. The van der Waals surface area contributed by atoms with Crippen molar-refractivity contribution in [3.05, 3.63) is 136 Å². The Morgan fingerprint density at radius 1 is 1.02 bits per heavy atom. The number of hydrogen-bond acceptors (Lipinski definition) is 3. The van der Waals surface area contributed by atoms with E-state index in [1.165, 1.54) is 48.3 Å². The van der Waals surface area contributed by atoms with Crippen LogP contribution >= 0.6 is 23.5 Å². The number of carboxylic acid groups (broad SMARTS) is 1. The van der Waals surface area contributed by atoms with Crippen molar-refractivity contribution in [3.8, 4) is 17.2 Å². The van der Waals surface area contributed by atoms with E-state index >= 15 is 0 Å². The molecule has 4 aromatic carbocycles. The number of carbonyl (C=O) groups is 1. The average molecular weight is 627 g/mol. The monoisotopic (exact) mass is 626 g/mol. The number of aromatic nitrogens is 1. The van der Waals surface area contributed by atoms with Crippen LogP contribution in [0.25, 0.3) is 33.2 Å². The molecule has 0 saturated carbocycles. The van der Waals surface area contributed by atoms with Crippen molar-refractivity contribution in [3.63, 3.8) is 0 Å². The molecule has 44 heavy (non-hydrogen) atoms. The Morgan fingerprint density at radius 3 is 2.52 bits per heavy atom. The number of fused-ring (bicyclic) bond motifs is 1. The molecule has 1 heterocycles. The molecule has 6 rings (SSSR count). The Labute approximate surface area is 260 Å². The number of benzene rings is 4. The number of allylic oxidation sites excluding steroid dienone is 4. The fourth-order valence-corrected chi connectivity index (χ4v) is 6.71. The Morgan fingerprint density at radius 2 is 1.82 bits per heavy atom. The third-order valence-corrected chi connectivity index (χ3v) is 8.80. The van der Waals surface area contributed by atoms with Crippen LogP contribution in [0.15, 0.2) is 102 Å². The molecule has 0 radical (unpaired) electrons. The molecule has 0 bridgehead atoms. The van der Waals surface area contributed by atoms with E-state index in [2.05, 4.69) is 12.1 Å². The van der Waals surface area contributed by atoms with Gasteiger partial charge in [0, 0.05) is 26.4 Å². The predicted octanol–water partition coefficient (Wildman–Crippen LogP) is 10.4. The second-order valence-corrected chi connectivity index (χ2v) is 11.6. The summed E-state index contributed by atoms with van der Waals surface area (Å²) >= 11 is 7.87. The smallest absolute Gasteiger partial charge is 0.335 e. The van der Waals surface area contributed by atoms with Crippen LogP contribution in [0.2, 0.25) is 5.02 Å². The Hall–Kier alpha value is -4.71. The molecule has 1 aliphatic carbocycles. The van der Waals surface area contributed by atoms with Gasteiger partial charge >= 0.3 is 5.97 Å². The highest BCUT2D eigenvalue weighted by molar-refractivity contribution is 7.98. The maximum Gasteiger partial charge on any atom is 0.335 e. The number of nitriles is 1. The molecule has 0 atom stereocenters. The van der Waals surface area contributed by atoms with E-state index in [9.17, 15) is 28.3 Å². The first-order valence-electron chi connectivity index (χ1n) is 13.6. The molecular weight excluding hydrogens is 605 g/mol. The maximum atomic E-state index is 14.8. The Balaban J connectivity index is 1.59. The molecule has 9 heteroatoms. The number of carboxylic acids is 1. The van der Waals surface area contributed by atoms with Gasteiger partial charge in [0.1, 0.15) is 5.82 Å². The van der Waals surface area contributed by atoms with Crippen molar-refractivity contribution in [2.45, 2.75) is 24.2 Å². The number of aromatic carboxylic acids is 1. The summed E-state index contributed by atoms with van der Waals surface area (Å²) in [7, 11) is 0. The van der Waals surface area contributed by atoms with Gasteiger partial charge in [-0.2, -0.15) is 5.26 Å². The molecule has 0 amide bonds. The lowest BCUT2D eigenvalue weighted by molar-refractivity contribution is 0.0697. The van der Waals surface area contributed by atoms with E-state index in [1.807, 2.05) is 16.1 Å². The quantitative estimate of drug-likeness (QED) is 0.195. The van der Waals surface area contributed by atoms with Gasteiger partial charge < -0.3 is 5.11 Å². The molecule has 1 aromatic heterocycles. The summed E-state index contributed by atoms with van der Waals surface area (Å²) in [5, 5.41) is 20.0. The predicted molar refractivity (Wildman–Crippen MR) is 168 cm³/mol. The molecule has 218 valence electrons. The van der Waals surface area contributed by atoms with E-state index in [0.717, 1.165) is 16.8 Å².